The smallest absolute Gasteiger partial charge is 0.231 e. The van der Waals surface area contributed by atoms with Crippen molar-refractivity contribution in [3.63, 3.8) is 0 Å². The number of hydrogen-bond acceptors (Lipinski definition) is 7. The molecule has 1 saturated heterocycles. The molecule has 8 nitrogen and oxygen atoms in total. The number of fused-ring (bicyclic) bond motifs is 2. The number of nitrogens with one attached hydrogen (secondary N) is 2. The summed E-state index contributed by atoms with van der Waals surface area (Å²) in [6.45, 7) is 3.13. The Hall–Kier alpha value is -4.04. The van der Waals surface area contributed by atoms with Gasteiger partial charge in [0.1, 0.15) is 0 Å². The Bertz CT molecular complexity index is 1580. The van der Waals surface area contributed by atoms with Crippen LogP contribution in [0.3, 0.4) is 0 Å². The van der Waals surface area contributed by atoms with Crippen molar-refractivity contribution in [2.75, 3.05) is 23.7 Å². The summed E-state index contributed by atoms with van der Waals surface area (Å²) in [4.78, 5) is 21.8. The quantitative estimate of drug-likeness (QED) is 0.241. The molecular formula is C32H36N8. The summed E-state index contributed by atoms with van der Waals surface area (Å²) in [5.41, 5.74) is 5.07. The van der Waals surface area contributed by atoms with Gasteiger partial charge in [0, 0.05) is 49.0 Å². The van der Waals surface area contributed by atoms with Crippen LogP contribution in [0.5, 0.6) is 0 Å². The lowest BCUT2D eigenvalue weighted by Gasteiger charge is -2.32. The molecule has 0 amide bonds. The standard InChI is InChI=1S/C32H36N8/c1-3-8-23(9-4-1)21-39-18-15-25(16-19-39)35-30-29-31(40(22-34-29)27-11-5-2-6-12-27)38-32(37-30)36-26-13-14-28-24(20-26)10-7-17-33-28/h1,3-4,7-10,13-14,17,20,22,25,27H,2,5-6,11-12,15-16,18-19,21H2,(H2,35,36,37,38). The van der Waals surface area contributed by atoms with E-state index in [1.807, 2.05) is 30.7 Å². The lowest BCUT2D eigenvalue weighted by atomic mass is 9.95. The monoisotopic (exact) mass is 532 g/mol. The van der Waals surface area contributed by atoms with Crippen molar-refractivity contribution in [3.05, 3.63) is 78.8 Å². The van der Waals surface area contributed by atoms with Crippen LogP contribution in [0.15, 0.2) is 73.2 Å². The summed E-state index contributed by atoms with van der Waals surface area (Å²) < 4.78 is 2.29. The number of piperidine rings is 1. The maximum atomic E-state index is 5.01. The molecule has 2 aromatic carbocycles. The molecule has 2 N–H and O–H groups in total. The van der Waals surface area contributed by atoms with Gasteiger partial charge in [-0.05, 0) is 55.5 Å². The molecule has 204 valence electrons. The summed E-state index contributed by atoms with van der Waals surface area (Å²) in [7, 11) is 0. The molecule has 40 heavy (non-hydrogen) atoms. The minimum atomic E-state index is 0.351. The van der Waals surface area contributed by atoms with E-state index in [4.69, 9.17) is 15.0 Å². The van der Waals surface area contributed by atoms with Gasteiger partial charge in [0.05, 0.1) is 11.8 Å². The number of nitrogens with zero attached hydrogens (tertiary/aromatic N) is 6. The first kappa shape index (κ1) is 25.0. The zero-order chi connectivity index (χ0) is 26.7. The van der Waals surface area contributed by atoms with Gasteiger partial charge in [0.25, 0.3) is 0 Å². The number of aromatic nitrogens is 5. The Kier molecular flexibility index (Phi) is 7.00. The average molecular weight is 533 g/mol. The normalized spacial score (nSPS) is 17.4. The molecular weight excluding hydrogens is 496 g/mol. The number of hydrogen-bond donors (Lipinski definition) is 2. The topological polar surface area (TPSA) is 83.8 Å². The van der Waals surface area contributed by atoms with Gasteiger partial charge in [-0.2, -0.15) is 9.97 Å². The van der Waals surface area contributed by atoms with Crippen molar-refractivity contribution in [1.82, 2.24) is 29.4 Å². The zero-order valence-corrected chi connectivity index (χ0v) is 22.8. The number of benzene rings is 2. The molecule has 7 rings (SSSR count). The first-order valence-electron chi connectivity index (χ1n) is 14.7. The minimum absolute atomic E-state index is 0.351. The molecule has 0 spiro atoms. The van der Waals surface area contributed by atoms with Crippen LogP contribution < -0.4 is 10.6 Å². The SMILES string of the molecule is c1ccc(CN2CCC(Nc3nc(Nc4ccc5ncccc5c4)nc4c3ncn4C3CCCCC3)CC2)cc1. The third-order valence-corrected chi connectivity index (χ3v) is 8.43. The fraction of sp³-hybridized carbons (Fsp3) is 0.375. The van der Waals surface area contributed by atoms with E-state index in [0.29, 0.717) is 18.0 Å². The van der Waals surface area contributed by atoms with E-state index in [0.717, 1.165) is 66.0 Å². The summed E-state index contributed by atoms with van der Waals surface area (Å²) in [6, 6.07) is 21.8. The van der Waals surface area contributed by atoms with Crippen LogP contribution in [0, 0.1) is 0 Å². The number of rotatable bonds is 7. The Morgan fingerprint density at radius 2 is 1.68 bits per heavy atom. The Morgan fingerprint density at radius 3 is 2.52 bits per heavy atom. The van der Waals surface area contributed by atoms with Crippen LogP contribution in [-0.4, -0.2) is 48.5 Å². The average Bonchev–Trinajstić information content (AvgIpc) is 3.43. The van der Waals surface area contributed by atoms with Gasteiger partial charge >= 0.3 is 0 Å². The number of anilines is 3. The molecule has 0 bridgehead atoms. The Morgan fingerprint density at radius 1 is 0.825 bits per heavy atom. The zero-order valence-electron chi connectivity index (χ0n) is 22.8. The Labute approximate surface area is 234 Å². The number of likely N-dealkylation sites (tertiary alicyclic amines) is 1. The van der Waals surface area contributed by atoms with E-state index in [1.165, 1.54) is 37.7 Å². The van der Waals surface area contributed by atoms with E-state index in [1.54, 1.807) is 0 Å². The molecule has 1 aliphatic heterocycles. The van der Waals surface area contributed by atoms with Crippen molar-refractivity contribution in [1.29, 1.82) is 0 Å². The lowest BCUT2D eigenvalue weighted by molar-refractivity contribution is 0.211. The van der Waals surface area contributed by atoms with Gasteiger partial charge in [0.15, 0.2) is 17.0 Å². The van der Waals surface area contributed by atoms with E-state index in [2.05, 4.69) is 67.5 Å². The van der Waals surface area contributed by atoms with Gasteiger partial charge in [-0.25, -0.2) is 4.98 Å². The molecule has 2 aliphatic rings. The first-order chi connectivity index (χ1) is 19.8. The molecule has 8 heteroatoms. The van der Waals surface area contributed by atoms with Crippen LogP contribution in [-0.2, 0) is 6.54 Å². The fourth-order valence-corrected chi connectivity index (χ4v) is 6.25. The van der Waals surface area contributed by atoms with Crippen LogP contribution in [0.2, 0.25) is 0 Å². The number of pyridine rings is 1. The van der Waals surface area contributed by atoms with Gasteiger partial charge < -0.3 is 15.2 Å². The van der Waals surface area contributed by atoms with E-state index < -0.39 is 0 Å². The summed E-state index contributed by atoms with van der Waals surface area (Å²) >= 11 is 0. The van der Waals surface area contributed by atoms with E-state index in [-0.39, 0.29) is 0 Å². The van der Waals surface area contributed by atoms with Crippen LogP contribution in [0.1, 0.15) is 56.6 Å². The van der Waals surface area contributed by atoms with Crippen LogP contribution in [0.4, 0.5) is 17.5 Å². The van der Waals surface area contributed by atoms with Gasteiger partial charge in [-0.3, -0.25) is 9.88 Å². The highest BCUT2D eigenvalue weighted by Crippen LogP contribution is 2.33. The second-order valence-corrected chi connectivity index (χ2v) is 11.2. The van der Waals surface area contributed by atoms with Crippen molar-refractivity contribution in [2.24, 2.45) is 0 Å². The Balaban J connectivity index is 1.15. The molecule has 0 radical (unpaired) electrons. The van der Waals surface area contributed by atoms with Gasteiger partial charge in [-0.15, -0.1) is 0 Å². The third kappa shape index (κ3) is 5.36. The molecule has 0 atom stereocenters. The molecule has 5 aromatic rings. The molecule has 2 fully saturated rings. The van der Waals surface area contributed by atoms with Crippen molar-refractivity contribution in [3.8, 4) is 0 Å². The van der Waals surface area contributed by atoms with Crippen LogP contribution >= 0.6 is 0 Å². The highest BCUT2D eigenvalue weighted by molar-refractivity contribution is 5.86. The molecule has 1 aliphatic carbocycles. The molecule has 3 aromatic heterocycles. The predicted molar refractivity (Wildman–Crippen MR) is 161 cm³/mol. The second kappa shape index (κ2) is 11.2. The lowest BCUT2D eigenvalue weighted by Crippen LogP contribution is -2.38. The molecule has 1 saturated carbocycles. The van der Waals surface area contributed by atoms with Gasteiger partial charge in [-0.1, -0.05) is 55.7 Å². The molecule has 0 unspecified atom stereocenters. The maximum Gasteiger partial charge on any atom is 0.231 e. The summed E-state index contributed by atoms with van der Waals surface area (Å²) in [6.07, 6.45) is 12.1. The van der Waals surface area contributed by atoms with Crippen molar-refractivity contribution < 1.29 is 0 Å². The third-order valence-electron chi connectivity index (χ3n) is 8.43. The van der Waals surface area contributed by atoms with Crippen molar-refractivity contribution in [2.45, 2.75) is 63.6 Å². The number of imidazole rings is 1. The van der Waals surface area contributed by atoms with Crippen molar-refractivity contribution >= 4 is 39.5 Å². The second-order valence-electron chi connectivity index (χ2n) is 11.2. The molecule has 4 heterocycles. The fourth-order valence-electron chi connectivity index (χ4n) is 6.25. The van der Waals surface area contributed by atoms with E-state index >= 15 is 0 Å². The van der Waals surface area contributed by atoms with Gasteiger partial charge in [0.2, 0.25) is 5.95 Å². The minimum Gasteiger partial charge on any atom is -0.365 e. The first-order valence-corrected chi connectivity index (χ1v) is 14.7. The highest BCUT2D eigenvalue weighted by Gasteiger charge is 2.24. The largest absolute Gasteiger partial charge is 0.365 e. The maximum absolute atomic E-state index is 5.01. The van der Waals surface area contributed by atoms with Crippen LogP contribution in [0.25, 0.3) is 22.1 Å². The highest BCUT2D eigenvalue weighted by atomic mass is 15.2. The summed E-state index contributed by atoms with van der Waals surface area (Å²) in [5, 5.41) is 8.34. The summed E-state index contributed by atoms with van der Waals surface area (Å²) in [5.74, 6) is 1.42. The predicted octanol–water partition coefficient (Wildman–Crippen LogP) is 6.70. The van der Waals surface area contributed by atoms with E-state index in [9.17, 15) is 0 Å².